The maximum atomic E-state index is 2.35. The molecule has 3 aromatic rings. The molecule has 130 valence electrons. The van der Waals surface area contributed by atoms with Crippen LogP contribution in [-0.2, 0) is 5.41 Å². The van der Waals surface area contributed by atoms with Gasteiger partial charge in [0.15, 0.2) is 0 Å². The van der Waals surface area contributed by atoms with Crippen LogP contribution in [0.5, 0.6) is 0 Å². The summed E-state index contributed by atoms with van der Waals surface area (Å²) in [5.41, 5.74) is 9.14. The van der Waals surface area contributed by atoms with E-state index in [-0.39, 0.29) is 5.41 Å². The molecule has 0 fully saturated rings. The number of fused-ring (bicyclic) bond motifs is 3. The summed E-state index contributed by atoms with van der Waals surface area (Å²) in [6.45, 7) is 2.18. The Bertz CT molecular complexity index is 1060. The first-order valence-corrected chi connectivity index (χ1v) is 9.62. The smallest absolute Gasteiger partial charge is 0.0713 e. The van der Waals surface area contributed by atoms with Crippen LogP contribution in [0.1, 0.15) is 28.7 Å². The number of hydrogen-bond donors (Lipinski definition) is 0. The molecule has 0 aromatic heterocycles. The minimum Gasteiger partial charge on any atom is -0.0807 e. The summed E-state index contributed by atoms with van der Waals surface area (Å²) in [6, 6.07) is 26.8. The van der Waals surface area contributed by atoms with Crippen molar-refractivity contribution in [2.24, 2.45) is 0 Å². The first kappa shape index (κ1) is 16.1. The minimum absolute atomic E-state index is 0.273. The average molecular weight is 346 g/mol. The minimum atomic E-state index is -0.273. The van der Waals surface area contributed by atoms with E-state index in [9.17, 15) is 0 Å². The van der Waals surface area contributed by atoms with E-state index in [1.165, 1.54) is 39.0 Å². The Kier molecular flexibility index (Phi) is 3.72. The molecule has 0 nitrogen and oxygen atoms in total. The Hall–Kier alpha value is -3.12. The van der Waals surface area contributed by atoms with Gasteiger partial charge < -0.3 is 0 Å². The van der Waals surface area contributed by atoms with Crippen LogP contribution in [0.15, 0.2) is 109 Å². The predicted molar refractivity (Wildman–Crippen MR) is 114 cm³/mol. The molecule has 0 aliphatic heterocycles. The Morgan fingerprint density at radius 1 is 0.741 bits per heavy atom. The van der Waals surface area contributed by atoms with Gasteiger partial charge in [-0.15, -0.1) is 0 Å². The second-order valence-electron chi connectivity index (χ2n) is 7.40. The third kappa shape index (κ3) is 2.30. The first-order chi connectivity index (χ1) is 13.3. The topological polar surface area (TPSA) is 0 Å². The fourth-order valence-corrected chi connectivity index (χ4v) is 4.73. The van der Waals surface area contributed by atoms with Gasteiger partial charge in [-0.1, -0.05) is 109 Å². The van der Waals surface area contributed by atoms with E-state index < -0.39 is 0 Å². The second kappa shape index (κ2) is 6.25. The number of aryl methyl sites for hydroxylation is 1. The zero-order valence-corrected chi connectivity index (χ0v) is 15.5. The van der Waals surface area contributed by atoms with E-state index in [1.807, 2.05) is 0 Å². The van der Waals surface area contributed by atoms with E-state index in [1.54, 1.807) is 0 Å². The molecular formula is C27H22. The highest BCUT2D eigenvalue weighted by Crippen LogP contribution is 2.56. The van der Waals surface area contributed by atoms with Gasteiger partial charge in [0.05, 0.1) is 5.41 Å². The molecule has 0 saturated carbocycles. The van der Waals surface area contributed by atoms with Gasteiger partial charge in [0.25, 0.3) is 0 Å². The van der Waals surface area contributed by atoms with Crippen LogP contribution < -0.4 is 0 Å². The Balaban J connectivity index is 1.95. The van der Waals surface area contributed by atoms with Gasteiger partial charge in [0.1, 0.15) is 0 Å². The van der Waals surface area contributed by atoms with Crippen LogP contribution in [0.2, 0.25) is 0 Å². The molecule has 0 unspecified atom stereocenters. The van der Waals surface area contributed by atoms with Gasteiger partial charge in [0, 0.05) is 0 Å². The molecule has 0 saturated heterocycles. The molecule has 0 N–H and O–H groups in total. The third-order valence-electron chi connectivity index (χ3n) is 5.82. The molecule has 27 heavy (non-hydrogen) atoms. The van der Waals surface area contributed by atoms with Crippen molar-refractivity contribution in [1.82, 2.24) is 0 Å². The van der Waals surface area contributed by atoms with Crippen LogP contribution in [-0.4, -0.2) is 0 Å². The summed E-state index contributed by atoms with van der Waals surface area (Å²) in [5, 5.41) is 0. The molecular weight excluding hydrogens is 324 g/mol. The Morgan fingerprint density at radius 2 is 1.44 bits per heavy atom. The standard InChI is InChI=1S/C27H22/c1-20-11-10-14-22(19-20)27(21-12-4-2-3-5-13-21)25-17-8-6-15-23(25)24-16-7-9-18-26(24)27/h2,4-19H,3H2,1H3. The maximum Gasteiger partial charge on any atom is 0.0713 e. The normalized spacial score (nSPS) is 16.4. The van der Waals surface area contributed by atoms with Crippen LogP contribution in [0.25, 0.3) is 11.1 Å². The molecule has 0 heteroatoms. The van der Waals surface area contributed by atoms with Crippen molar-refractivity contribution >= 4 is 0 Å². The van der Waals surface area contributed by atoms with Crippen molar-refractivity contribution in [3.05, 3.63) is 131 Å². The lowest BCUT2D eigenvalue weighted by molar-refractivity contribution is 0.766. The van der Waals surface area contributed by atoms with Gasteiger partial charge in [-0.05, 0) is 46.7 Å². The molecule has 0 heterocycles. The summed E-state index contributed by atoms with van der Waals surface area (Å²) < 4.78 is 0. The second-order valence-corrected chi connectivity index (χ2v) is 7.40. The van der Waals surface area contributed by atoms with Crippen molar-refractivity contribution in [2.75, 3.05) is 0 Å². The largest absolute Gasteiger partial charge is 0.0807 e. The summed E-state index contributed by atoms with van der Waals surface area (Å²) in [5.74, 6) is 0. The van der Waals surface area contributed by atoms with Crippen LogP contribution >= 0.6 is 0 Å². The number of rotatable bonds is 2. The number of hydrogen-bond acceptors (Lipinski definition) is 0. The van der Waals surface area contributed by atoms with Crippen molar-refractivity contribution in [1.29, 1.82) is 0 Å². The van der Waals surface area contributed by atoms with Crippen LogP contribution in [0.4, 0.5) is 0 Å². The molecule has 0 spiro atoms. The van der Waals surface area contributed by atoms with Crippen LogP contribution in [0, 0.1) is 6.92 Å². The van der Waals surface area contributed by atoms with Crippen molar-refractivity contribution in [3.63, 3.8) is 0 Å². The Morgan fingerprint density at radius 3 is 2.15 bits per heavy atom. The quantitative estimate of drug-likeness (QED) is 0.481. The Labute approximate surface area is 161 Å². The monoisotopic (exact) mass is 346 g/mol. The van der Waals surface area contributed by atoms with Gasteiger partial charge in [-0.25, -0.2) is 0 Å². The van der Waals surface area contributed by atoms with Gasteiger partial charge >= 0.3 is 0 Å². The predicted octanol–water partition coefficient (Wildman–Crippen LogP) is 6.75. The van der Waals surface area contributed by atoms with Crippen molar-refractivity contribution in [3.8, 4) is 11.1 Å². The fourth-order valence-electron chi connectivity index (χ4n) is 4.73. The zero-order valence-electron chi connectivity index (χ0n) is 15.5. The average Bonchev–Trinajstić information content (AvgIpc) is 2.84. The summed E-state index contributed by atoms with van der Waals surface area (Å²) in [4.78, 5) is 0. The first-order valence-electron chi connectivity index (χ1n) is 9.62. The maximum absolute atomic E-state index is 2.35. The van der Waals surface area contributed by atoms with E-state index in [0.717, 1.165) is 6.42 Å². The number of allylic oxidation sites excluding steroid dienone is 6. The summed E-state index contributed by atoms with van der Waals surface area (Å²) in [6.07, 6.45) is 12.3. The molecule has 0 bridgehead atoms. The van der Waals surface area contributed by atoms with Crippen LogP contribution in [0.3, 0.4) is 0 Å². The SMILES string of the molecule is Cc1cccc(C2(C3=CC=CCC=C3)c3ccccc3-c3ccccc32)c1. The molecule has 5 rings (SSSR count). The van der Waals surface area contributed by atoms with E-state index in [2.05, 4.69) is 110 Å². The highest BCUT2D eigenvalue weighted by molar-refractivity contribution is 5.86. The van der Waals surface area contributed by atoms with Gasteiger partial charge in [-0.3, -0.25) is 0 Å². The molecule has 2 aliphatic rings. The lowest BCUT2D eigenvalue weighted by Gasteiger charge is -2.34. The highest BCUT2D eigenvalue weighted by atomic mass is 14.5. The lowest BCUT2D eigenvalue weighted by atomic mass is 9.67. The summed E-state index contributed by atoms with van der Waals surface area (Å²) in [7, 11) is 0. The highest BCUT2D eigenvalue weighted by Gasteiger charge is 2.46. The third-order valence-corrected chi connectivity index (χ3v) is 5.82. The van der Waals surface area contributed by atoms with E-state index in [4.69, 9.17) is 0 Å². The molecule has 0 radical (unpaired) electrons. The van der Waals surface area contributed by atoms with Gasteiger partial charge in [-0.2, -0.15) is 0 Å². The van der Waals surface area contributed by atoms with Gasteiger partial charge in [0.2, 0.25) is 0 Å². The van der Waals surface area contributed by atoms with E-state index in [0.29, 0.717) is 0 Å². The molecule has 3 aromatic carbocycles. The van der Waals surface area contributed by atoms with Crippen molar-refractivity contribution in [2.45, 2.75) is 18.8 Å². The molecule has 0 atom stereocenters. The fraction of sp³-hybridized carbons (Fsp3) is 0.111. The summed E-state index contributed by atoms with van der Waals surface area (Å²) >= 11 is 0. The lowest BCUT2D eigenvalue weighted by Crippen LogP contribution is -2.29. The van der Waals surface area contributed by atoms with E-state index >= 15 is 0 Å². The van der Waals surface area contributed by atoms with Crippen molar-refractivity contribution < 1.29 is 0 Å². The zero-order chi connectivity index (χ0) is 18.3. The number of benzene rings is 3. The molecule has 0 amide bonds. The molecule has 2 aliphatic carbocycles.